The number of nitrogens with two attached hydrogens (primary N) is 2. The van der Waals surface area contributed by atoms with Gasteiger partial charge in [0, 0.05) is 10.6 Å². The van der Waals surface area contributed by atoms with Crippen LogP contribution in [0.25, 0.3) is 0 Å². The first-order valence-electron chi connectivity index (χ1n) is 6.72. The molecule has 128 valence electrons. The first-order valence-corrected chi connectivity index (χ1v) is 9.19. The second kappa shape index (κ2) is 7.88. The number of rotatable bonds is 6. The number of hydrogen-bond acceptors (Lipinski definition) is 9. The van der Waals surface area contributed by atoms with Crippen LogP contribution in [0.3, 0.4) is 0 Å². The second-order valence-electron chi connectivity index (χ2n) is 4.82. The van der Waals surface area contributed by atoms with Crippen LogP contribution in [0.4, 0.5) is 22.7 Å². The van der Waals surface area contributed by atoms with Crippen molar-refractivity contribution in [3.8, 4) is 0 Å². The Morgan fingerprint density at radius 1 is 1.04 bits per heavy atom. The topological polar surface area (TPSA) is 120 Å². The zero-order valence-corrected chi connectivity index (χ0v) is 15.1. The van der Waals surface area contributed by atoms with Crippen LogP contribution in [-0.2, 0) is 14.0 Å². The molecule has 0 radical (unpaired) electrons. The van der Waals surface area contributed by atoms with E-state index in [9.17, 15) is 8.42 Å². The Kier molecular flexibility index (Phi) is 6.10. The number of benzene rings is 2. The minimum atomic E-state index is -3.41. The quantitative estimate of drug-likeness (QED) is 0.264. The van der Waals surface area contributed by atoms with Crippen LogP contribution in [-0.4, -0.2) is 20.8 Å². The van der Waals surface area contributed by atoms with Crippen molar-refractivity contribution in [2.75, 3.05) is 23.8 Å². The molecular formula is C14H16N4O3S3. The standard InChI is InChI=1S/C14H16N4O3S3/c15-11-7-12(16)14(22)8-13(11)18-17-9-1-3-10(4-2-9)24(19,20)6-5-21-23/h1-4,7-8,22-23H,5-6,15-16H2. The SMILES string of the molecule is Nc1cc(N)c(N=Nc2ccc(S(=O)(=O)CCOS)cc2)cc1S. The first kappa shape index (κ1) is 18.6. The lowest BCUT2D eigenvalue weighted by atomic mass is 10.2. The van der Waals surface area contributed by atoms with Gasteiger partial charge < -0.3 is 15.7 Å². The van der Waals surface area contributed by atoms with Gasteiger partial charge in [-0.3, -0.25) is 0 Å². The highest BCUT2D eigenvalue weighted by Crippen LogP contribution is 2.31. The van der Waals surface area contributed by atoms with Gasteiger partial charge in [0.1, 0.15) is 5.69 Å². The molecule has 24 heavy (non-hydrogen) atoms. The zero-order valence-electron chi connectivity index (χ0n) is 12.5. The molecular weight excluding hydrogens is 368 g/mol. The van der Waals surface area contributed by atoms with E-state index in [0.29, 0.717) is 27.6 Å². The van der Waals surface area contributed by atoms with Crippen molar-refractivity contribution in [2.45, 2.75) is 9.79 Å². The van der Waals surface area contributed by atoms with Crippen LogP contribution < -0.4 is 11.5 Å². The smallest absolute Gasteiger partial charge is 0.180 e. The van der Waals surface area contributed by atoms with Crippen LogP contribution in [0, 0.1) is 0 Å². The predicted molar refractivity (Wildman–Crippen MR) is 100 cm³/mol. The lowest BCUT2D eigenvalue weighted by Gasteiger charge is -2.04. The van der Waals surface area contributed by atoms with Gasteiger partial charge in [-0.05, 0) is 49.3 Å². The molecule has 0 fully saturated rings. The summed E-state index contributed by atoms with van der Waals surface area (Å²) in [5.74, 6) is -0.149. The zero-order chi connectivity index (χ0) is 17.7. The first-order chi connectivity index (χ1) is 11.3. The third-order valence-corrected chi connectivity index (χ3v) is 5.35. The molecule has 7 nitrogen and oxygen atoms in total. The van der Waals surface area contributed by atoms with Gasteiger partial charge in [0.2, 0.25) is 0 Å². The summed E-state index contributed by atoms with van der Waals surface area (Å²) in [4.78, 5) is 0.725. The third kappa shape index (κ3) is 4.63. The van der Waals surface area contributed by atoms with E-state index in [1.807, 2.05) is 0 Å². The van der Waals surface area contributed by atoms with Crippen molar-refractivity contribution in [1.29, 1.82) is 0 Å². The van der Waals surface area contributed by atoms with Gasteiger partial charge in [-0.25, -0.2) is 8.42 Å². The van der Waals surface area contributed by atoms with E-state index in [2.05, 4.69) is 40.0 Å². The van der Waals surface area contributed by atoms with Crippen LogP contribution in [0.5, 0.6) is 0 Å². The van der Waals surface area contributed by atoms with E-state index >= 15 is 0 Å². The van der Waals surface area contributed by atoms with E-state index in [0.717, 1.165) is 0 Å². The maximum Gasteiger partial charge on any atom is 0.180 e. The monoisotopic (exact) mass is 384 g/mol. The fraction of sp³-hybridized carbons (Fsp3) is 0.143. The van der Waals surface area contributed by atoms with Crippen LogP contribution in [0.1, 0.15) is 0 Å². The van der Waals surface area contributed by atoms with Crippen molar-refractivity contribution in [3.05, 3.63) is 36.4 Å². The Morgan fingerprint density at radius 2 is 1.71 bits per heavy atom. The molecule has 2 aromatic rings. The van der Waals surface area contributed by atoms with Gasteiger partial charge in [0.25, 0.3) is 0 Å². The van der Waals surface area contributed by atoms with Gasteiger partial charge in [0.05, 0.1) is 28.6 Å². The van der Waals surface area contributed by atoms with Gasteiger partial charge in [0.15, 0.2) is 9.84 Å². The summed E-state index contributed by atoms with van der Waals surface area (Å²) in [6.07, 6.45) is 0. The minimum absolute atomic E-state index is 0.00931. The van der Waals surface area contributed by atoms with Gasteiger partial charge in [-0.15, -0.1) is 17.7 Å². The second-order valence-corrected chi connectivity index (χ2v) is 7.66. The average molecular weight is 385 g/mol. The highest BCUT2D eigenvalue weighted by molar-refractivity contribution is 7.91. The molecule has 0 atom stereocenters. The van der Waals surface area contributed by atoms with Crippen molar-refractivity contribution in [1.82, 2.24) is 0 Å². The number of sulfone groups is 1. The lowest BCUT2D eigenvalue weighted by molar-refractivity contribution is 0.409. The minimum Gasteiger partial charge on any atom is -0.398 e. The molecule has 0 heterocycles. The summed E-state index contributed by atoms with van der Waals surface area (Å²) in [5, 5.41) is 8.07. The largest absolute Gasteiger partial charge is 0.398 e. The molecule has 10 heteroatoms. The summed E-state index contributed by atoms with van der Waals surface area (Å²) in [6.45, 7) is 0.00931. The van der Waals surface area contributed by atoms with E-state index in [1.165, 1.54) is 12.1 Å². The molecule has 0 saturated heterocycles. The number of anilines is 2. The van der Waals surface area contributed by atoms with E-state index in [4.69, 9.17) is 11.5 Å². The molecule has 4 N–H and O–H groups in total. The Morgan fingerprint density at radius 3 is 2.33 bits per heavy atom. The summed E-state index contributed by atoms with van der Waals surface area (Å²) in [6, 6.07) is 9.17. The highest BCUT2D eigenvalue weighted by atomic mass is 32.2. The fourth-order valence-electron chi connectivity index (χ4n) is 1.79. The Balaban J connectivity index is 2.19. The third-order valence-electron chi connectivity index (χ3n) is 3.09. The number of azo groups is 1. The molecule has 2 aromatic carbocycles. The van der Waals surface area contributed by atoms with Gasteiger partial charge >= 0.3 is 0 Å². The van der Waals surface area contributed by atoms with Crippen LogP contribution >= 0.6 is 25.5 Å². The van der Waals surface area contributed by atoms with Crippen LogP contribution in [0.15, 0.2) is 56.4 Å². The van der Waals surface area contributed by atoms with Gasteiger partial charge in [-0.2, -0.15) is 5.11 Å². The van der Waals surface area contributed by atoms with E-state index in [1.54, 1.807) is 24.3 Å². The summed E-state index contributed by atoms with van der Waals surface area (Å²) in [7, 11) is -3.41. The van der Waals surface area contributed by atoms with Crippen molar-refractivity contribution in [3.63, 3.8) is 0 Å². The van der Waals surface area contributed by atoms with Crippen molar-refractivity contribution >= 4 is 58.1 Å². The molecule has 0 amide bonds. The molecule has 0 aliphatic rings. The molecule has 0 aliphatic carbocycles. The van der Waals surface area contributed by atoms with E-state index < -0.39 is 9.84 Å². The summed E-state index contributed by atoms with van der Waals surface area (Å²) >= 11 is 7.73. The predicted octanol–water partition coefficient (Wildman–Crippen LogP) is 3.19. The molecule has 0 unspecified atom stereocenters. The highest BCUT2D eigenvalue weighted by Gasteiger charge is 2.13. The van der Waals surface area contributed by atoms with Crippen molar-refractivity contribution < 1.29 is 12.6 Å². The molecule has 0 aliphatic heterocycles. The van der Waals surface area contributed by atoms with Gasteiger partial charge in [-0.1, -0.05) is 0 Å². The molecule has 0 spiro atoms. The maximum atomic E-state index is 12.0. The van der Waals surface area contributed by atoms with Crippen LogP contribution in [0.2, 0.25) is 0 Å². The Hall–Kier alpha value is -1.75. The fourth-order valence-corrected chi connectivity index (χ4v) is 3.29. The van der Waals surface area contributed by atoms with E-state index in [-0.39, 0.29) is 17.3 Å². The number of nitrogens with zero attached hydrogens (tertiary/aromatic N) is 2. The number of nitrogen functional groups attached to an aromatic ring is 2. The summed E-state index contributed by atoms with van der Waals surface area (Å²) < 4.78 is 28.5. The normalized spacial score (nSPS) is 11.9. The Labute approximate surface area is 151 Å². The molecule has 0 bridgehead atoms. The Bertz CT molecular complexity index is 852. The average Bonchev–Trinajstić information content (AvgIpc) is 2.55. The maximum absolute atomic E-state index is 12.0. The van der Waals surface area contributed by atoms with Crippen molar-refractivity contribution in [2.24, 2.45) is 10.2 Å². The summed E-state index contributed by atoms with van der Waals surface area (Å²) in [5.41, 5.74) is 13.2. The lowest BCUT2D eigenvalue weighted by Crippen LogP contribution is -2.10. The molecule has 0 saturated carbocycles. The number of thiol groups is 2. The molecule has 2 rings (SSSR count). The number of hydrogen-bond donors (Lipinski definition) is 4. The molecule has 0 aromatic heterocycles.